The van der Waals surface area contributed by atoms with Crippen molar-refractivity contribution in [2.24, 2.45) is 0 Å². The maximum Gasteiger partial charge on any atom is 0.389 e. The Bertz CT molecular complexity index is 892. The fourth-order valence-corrected chi connectivity index (χ4v) is 2.67. The highest BCUT2D eigenvalue weighted by Crippen LogP contribution is 2.32. The molecule has 2 aromatic heterocycles. The number of halogens is 5. The van der Waals surface area contributed by atoms with Crippen LogP contribution in [0.4, 0.5) is 17.6 Å². The molecule has 2 heterocycles. The highest BCUT2D eigenvalue weighted by Gasteiger charge is 2.26. The summed E-state index contributed by atoms with van der Waals surface area (Å²) in [6.07, 6.45) is -2.20. The maximum atomic E-state index is 13.9. The van der Waals surface area contributed by atoms with Crippen molar-refractivity contribution in [1.82, 2.24) is 9.55 Å². The summed E-state index contributed by atoms with van der Waals surface area (Å²) in [6, 6.07) is 7.96. The molecule has 132 valence electrons. The summed E-state index contributed by atoms with van der Waals surface area (Å²) in [6.45, 7) is 0.167. The third-order valence-corrected chi connectivity index (χ3v) is 3.80. The van der Waals surface area contributed by atoms with E-state index >= 15 is 0 Å². The number of alkyl halides is 3. The monoisotopic (exact) mass is 372 g/mol. The topological polar surface area (TPSA) is 27.1 Å². The first-order chi connectivity index (χ1) is 11.8. The van der Waals surface area contributed by atoms with Crippen molar-refractivity contribution in [2.45, 2.75) is 25.6 Å². The first kappa shape index (κ1) is 17.5. The predicted molar refractivity (Wildman–Crippen MR) is 86.5 cm³/mol. The summed E-state index contributed by atoms with van der Waals surface area (Å²) in [4.78, 5) is 3.80. The third kappa shape index (κ3) is 4.22. The van der Waals surface area contributed by atoms with Crippen LogP contribution in [-0.2, 0) is 6.54 Å². The van der Waals surface area contributed by atoms with Gasteiger partial charge in [-0.3, -0.25) is 0 Å². The van der Waals surface area contributed by atoms with E-state index in [1.807, 2.05) is 0 Å². The molecule has 1 aromatic carbocycles. The van der Waals surface area contributed by atoms with Crippen molar-refractivity contribution in [3.8, 4) is 11.6 Å². The highest BCUT2D eigenvalue weighted by atomic mass is 35.5. The molecular formula is C17H13ClF4N2O. The Balaban J connectivity index is 1.89. The van der Waals surface area contributed by atoms with Gasteiger partial charge in [-0.15, -0.1) is 0 Å². The molecule has 0 aliphatic rings. The number of fused-ring (bicyclic) bond motifs is 1. The van der Waals surface area contributed by atoms with Crippen molar-refractivity contribution in [1.29, 1.82) is 0 Å². The zero-order chi connectivity index (χ0) is 18.0. The number of rotatable bonds is 5. The molecule has 0 fully saturated rings. The Morgan fingerprint density at radius 2 is 2.00 bits per heavy atom. The Morgan fingerprint density at radius 3 is 2.72 bits per heavy atom. The molecule has 0 radical (unpaired) electrons. The normalized spacial score (nSPS) is 11.9. The summed E-state index contributed by atoms with van der Waals surface area (Å²) >= 11 is 5.66. The first-order valence-electron chi connectivity index (χ1n) is 7.47. The number of hydrogen-bond donors (Lipinski definition) is 0. The second kappa shape index (κ2) is 6.92. The lowest BCUT2D eigenvalue weighted by molar-refractivity contribution is -0.135. The van der Waals surface area contributed by atoms with Crippen LogP contribution in [0.1, 0.15) is 12.8 Å². The van der Waals surface area contributed by atoms with E-state index in [1.54, 1.807) is 35.0 Å². The quantitative estimate of drug-likeness (QED) is 0.516. The Kier molecular flexibility index (Phi) is 4.85. The summed E-state index contributed by atoms with van der Waals surface area (Å²) in [5, 5.41) is 0.914. The fraction of sp³-hybridized carbons (Fsp3) is 0.235. The average Bonchev–Trinajstić information content (AvgIpc) is 2.93. The lowest BCUT2D eigenvalue weighted by Gasteiger charge is -2.12. The van der Waals surface area contributed by atoms with Gasteiger partial charge in [0, 0.05) is 30.7 Å². The number of aromatic nitrogens is 2. The smallest absolute Gasteiger partial charge is 0.389 e. The summed E-state index contributed by atoms with van der Waals surface area (Å²) in [5.74, 6) is -0.664. The standard InChI is InChI=1S/C17H13ClF4N2O/c18-12-9-13(19)16(23-10-12)25-14-4-1-3-11-5-8-24(15(11)14)7-2-6-17(20,21)22/h1,3-5,8-10H,2,6-7H2. The van der Waals surface area contributed by atoms with Gasteiger partial charge in [0.05, 0.1) is 10.5 Å². The zero-order valence-electron chi connectivity index (χ0n) is 12.9. The van der Waals surface area contributed by atoms with Gasteiger partial charge in [0.15, 0.2) is 11.6 Å². The molecular weight excluding hydrogens is 360 g/mol. The number of ether oxygens (including phenoxy) is 1. The van der Waals surface area contributed by atoms with Crippen molar-refractivity contribution >= 4 is 22.5 Å². The maximum absolute atomic E-state index is 13.9. The summed E-state index contributed by atoms with van der Waals surface area (Å²) in [7, 11) is 0. The molecule has 0 saturated carbocycles. The van der Waals surface area contributed by atoms with Gasteiger partial charge in [-0.25, -0.2) is 9.37 Å². The molecule has 0 amide bonds. The van der Waals surface area contributed by atoms with Crippen molar-refractivity contribution in [3.63, 3.8) is 0 Å². The molecule has 25 heavy (non-hydrogen) atoms. The number of aryl methyl sites for hydroxylation is 1. The molecule has 0 aliphatic carbocycles. The van der Waals surface area contributed by atoms with Gasteiger partial charge < -0.3 is 9.30 Å². The number of para-hydroxylation sites is 1. The van der Waals surface area contributed by atoms with E-state index in [0.29, 0.717) is 11.3 Å². The Labute approximate surface area is 145 Å². The molecule has 3 aromatic rings. The van der Waals surface area contributed by atoms with E-state index in [-0.39, 0.29) is 23.9 Å². The van der Waals surface area contributed by atoms with Crippen LogP contribution in [0.5, 0.6) is 11.6 Å². The van der Waals surface area contributed by atoms with E-state index in [0.717, 1.165) is 11.5 Å². The second-order valence-corrected chi connectivity index (χ2v) is 5.90. The Morgan fingerprint density at radius 1 is 1.20 bits per heavy atom. The lowest BCUT2D eigenvalue weighted by atomic mass is 10.2. The van der Waals surface area contributed by atoms with E-state index < -0.39 is 18.4 Å². The van der Waals surface area contributed by atoms with Gasteiger partial charge in [0.1, 0.15) is 0 Å². The van der Waals surface area contributed by atoms with Gasteiger partial charge in [-0.1, -0.05) is 23.7 Å². The molecule has 8 heteroatoms. The van der Waals surface area contributed by atoms with Crippen LogP contribution < -0.4 is 4.74 Å². The van der Waals surface area contributed by atoms with Gasteiger partial charge in [0.2, 0.25) is 0 Å². The molecule has 0 N–H and O–H groups in total. The number of benzene rings is 1. The van der Waals surface area contributed by atoms with Crippen molar-refractivity contribution < 1.29 is 22.3 Å². The van der Waals surface area contributed by atoms with Crippen LogP contribution in [0.3, 0.4) is 0 Å². The second-order valence-electron chi connectivity index (χ2n) is 5.46. The molecule has 0 unspecified atom stereocenters. The van der Waals surface area contributed by atoms with Gasteiger partial charge in [-0.05, 0) is 24.6 Å². The van der Waals surface area contributed by atoms with E-state index in [2.05, 4.69) is 4.98 Å². The molecule has 3 rings (SSSR count). The Hall–Kier alpha value is -2.28. The molecule has 0 aliphatic heterocycles. The number of hydrogen-bond acceptors (Lipinski definition) is 2. The SMILES string of the molecule is Fc1cc(Cl)cnc1Oc1cccc2ccn(CCCC(F)(F)F)c12. The van der Waals surface area contributed by atoms with Gasteiger partial charge in [-0.2, -0.15) is 13.2 Å². The molecule has 0 atom stereocenters. The zero-order valence-corrected chi connectivity index (χ0v) is 13.6. The minimum absolute atomic E-state index is 0.0603. The molecule has 3 nitrogen and oxygen atoms in total. The predicted octanol–water partition coefficient (Wildman–Crippen LogP) is 5.96. The third-order valence-electron chi connectivity index (χ3n) is 3.59. The summed E-state index contributed by atoms with van der Waals surface area (Å²) in [5.41, 5.74) is 0.584. The molecule has 0 bridgehead atoms. The van der Waals surface area contributed by atoms with Gasteiger partial charge >= 0.3 is 6.18 Å². The minimum atomic E-state index is -4.20. The van der Waals surface area contributed by atoms with E-state index in [4.69, 9.17) is 16.3 Å². The lowest BCUT2D eigenvalue weighted by Crippen LogP contribution is -2.09. The average molecular weight is 373 g/mol. The van der Waals surface area contributed by atoms with E-state index in [9.17, 15) is 17.6 Å². The van der Waals surface area contributed by atoms with Crippen LogP contribution in [0.25, 0.3) is 10.9 Å². The van der Waals surface area contributed by atoms with Crippen LogP contribution in [0, 0.1) is 5.82 Å². The van der Waals surface area contributed by atoms with E-state index in [1.165, 1.54) is 6.20 Å². The summed E-state index contributed by atoms with van der Waals surface area (Å²) < 4.78 is 58.1. The fourth-order valence-electron chi connectivity index (χ4n) is 2.53. The first-order valence-corrected chi connectivity index (χ1v) is 7.85. The highest BCUT2D eigenvalue weighted by molar-refractivity contribution is 6.30. The van der Waals surface area contributed by atoms with Crippen molar-refractivity contribution in [3.05, 3.63) is 53.6 Å². The number of nitrogens with zero attached hydrogens (tertiary/aromatic N) is 2. The number of pyridine rings is 1. The van der Waals surface area contributed by atoms with Crippen LogP contribution >= 0.6 is 11.6 Å². The van der Waals surface area contributed by atoms with Crippen LogP contribution in [-0.4, -0.2) is 15.7 Å². The molecule has 0 saturated heterocycles. The van der Waals surface area contributed by atoms with Crippen molar-refractivity contribution in [2.75, 3.05) is 0 Å². The van der Waals surface area contributed by atoms with Crippen LogP contribution in [0.15, 0.2) is 42.7 Å². The van der Waals surface area contributed by atoms with Crippen LogP contribution in [0.2, 0.25) is 5.02 Å². The molecule has 0 spiro atoms. The largest absolute Gasteiger partial charge is 0.434 e. The van der Waals surface area contributed by atoms with Gasteiger partial charge in [0.25, 0.3) is 5.88 Å². The minimum Gasteiger partial charge on any atom is -0.434 e.